The highest BCUT2D eigenvalue weighted by molar-refractivity contribution is 8.00. The second-order valence-corrected chi connectivity index (χ2v) is 8.14. The topological polar surface area (TPSA) is 35.2 Å². The van der Waals surface area contributed by atoms with Gasteiger partial charge in [0.1, 0.15) is 0 Å². The van der Waals surface area contributed by atoms with Crippen LogP contribution < -0.4 is 5.73 Å². The summed E-state index contributed by atoms with van der Waals surface area (Å²) in [5.41, 5.74) is 6.56. The van der Waals surface area contributed by atoms with Gasteiger partial charge >= 0.3 is 0 Å². The molecule has 2 aliphatic rings. The highest BCUT2D eigenvalue weighted by Crippen LogP contribution is 2.43. The third-order valence-electron chi connectivity index (χ3n) is 3.79. The number of hydrogen-bond donors (Lipinski definition) is 1. The maximum absolute atomic E-state index is 6.09. The molecule has 5 heteroatoms. The number of nitrogen functional groups attached to an aromatic ring is 1. The monoisotopic (exact) mass is 315 g/mol. The first kappa shape index (κ1) is 13.9. The molecule has 2 unspecified atom stereocenters. The fourth-order valence-corrected chi connectivity index (χ4v) is 5.66. The van der Waals surface area contributed by atoms with Crippen molar-refractivity contribution < 1.29 is 4.74 Å². The fourth-order valence-electron chi connectivity index (χ4n) is 2.72. The second kappa shape index (κ2) is 5.76. The van der Waals surface area contributed by atoms with E-state index < -0.39 is 0 Å². The minimum absolute atomic E-state index is 0.151. The third-order valence-corrected chi connectivity index (χ3v) is 6.60. The molecule has 1 aromatic carbocycles. The Bertz CT molecular complexity index is 463. The smallest absolute Gasteiger partial charge is 0.0791 e. The summed E-state index contributed by atoms with van der Waals surface area (Å²) in [6, 6.07) is 5.94. The molecule has 2 saturated heterocycles. The standard InChI is InChI=1S/C14H18ClNOS2/c15-12-7-10(1-2-13(12)16)19-11-3-5-17-14(8-11)4-6-18-9-14/h1-2,7,11H,3-6,8-9,16H2. The van der Waals surface area contributed by atoms with Crippen LogP contribution in [0.4, 0.5) is 5.69 Å². The Hall–Kier alpha value is -0.0300. The van der Waals surface area contributed by atoms with Gasteiger partial charge in [-0.3, -0.25) is 0 Å². The molecule has 0 radical (unpaired) electrons. The van der Waals surface area contributed by atoms with E-state index in [1.54, 1.807) is 0 Å². The fraction of sp³-hybridized carbons (Fsp3) is 0.571. The lowest BCUT2D eigenvalue weighted by Crippen LogP contribution is -2.40. The molecule has 3 rings (SSSR count). The number of hydrogen-bond acceptors (Lipinski definition) is 4. The van der Waals surface area contributed by atoms with Gasteiger partial charge in [0.05, 0.1) is 16.3 Å². The quantitative estimate of drug-likeness (QED) is 0.834. The summed E-state index contributed by atoms with van der Waals surface area (Å²) < 4.78 is 6.06. The molecule has 0 amide bonds. The molecule has 0 saturated carbocycles. The summed E-state index contributed by atoms with van der Waals surface area (Å²) in [6.45, 7) is 0.890. The first-order chi connectivity index (χ1) is 9.17. The average Bonchev–Trinajstić information content (AvgIpc) is 2.82. The van der Waals surface area contributed by atoms with E-state index in [9.17, 15) is 0 Å². The van der Waals surface area contributed by atoms with Gasteiger partial charge in [-0.25, -0.2) is 0 Å². The van der Waals surface area contributed by atoms with Gasteiger partial charge < -0.3 is 10.5 Å². The summed E-state index contributed by atoms with van der Waals surface area (Å²) >= 11 is 10.0. The average molecular weight is 316 g/mol. The summed E-state index contributed by atoms with van der Waals surface area (Å²) in [5, 5.41) is 1.29. The van der Waals surface area contributed by atoms with Crippen molar-refractivity contribution in [2.75, 3.05) is 23.8 Å². The Morgan fingerprint density at radius 3 is 3.11 bits per heavy atom. The van der Waals surface area contributed by atoms with E-state index in [1.165, 1.54) is 17.1 Å². The second-order valence-electron chi connectivity index (χ2n) is 5.25. The summed E-state index contributed by atoms with van der Waals surface area (Å²) in [7, 11) is 0. The molecule has 2 atom stereocenters. The normalized spacial score (nSPS) is 30.9. The highest BCUT2D eigenvalue weighted by atomic mass is 35.5. The van der Waals surface area contributed by atoms with Crippen LogP contribution in [0.25, 0.3) is 0 Å². The van der Waals surface area contributed by atoms with E-state index in [-0.39, 0.29) is 5.60 Å². The van der Waals surface area contributed by atoms with Gasteiger partial charge in [-0.1, -0.05) is 11.6 Å². The number of nitrogens with two attached hydrogens (primary N) is 1. The third kappa shape index (κ3) is 3.18. The van der Waals surface area contributed by atoms with Crippen LogP contribution in [-0.2, 0) is 4.74 Å². The minimum Gasteiger partial charge on any atom is -0.398 e. The minimum atomic E-state index is 0.151. The lowest BCUT2D eigenvalue weighted by atomic mass is 9.93. The molecular weight excluding hydrogens is 298 g/mol. The zero-order chi connectivity index (χ0) is 13.3. The van der Waals surface area contributed by atoms with Crippen LogP contribution in [0.5, 0.6) is 0 Å². The van der Waals surface area contributed by atoms with Gasteiger partial charge in [-0.2, -0.15) is 11.8 Å². The van der Waals surface area contributed by atoms with Gasteiger partial charge in [0.15, 0.2) is 0 Å². The van der Waals surface area contributed by atoms with Crippen molar-refractivity contribution in [3.8, 4) is 0 Å². The molecule has 19 heavy (non-hydrogen) atoms. The van der Waals surface area contributed by atoms with Crippen molar-refractivity contribution in [3.05, 3.63) is 23.2 Å². The molecule has 1 aromatic rings. The van der Waals surface area contributed by atoms with Gasteiger partial charge in [0, 0.05) is 22.5 Å². The van der Waals surface area contributed by atoms with E-state index >= 15 is 0 Å². The van der Waals surface area contributed by atoms with Crippen LogP contribution in [0.1, 0.15) is 19.3 Å². The van der Waals surface area contributed by atoms with Crippen molar-refractivity contribution in [2.45, 2.75) is 35.0 Å². The predicted octanol–water partition coefficient (Wildman–Crippen LogP) is 4.07. The number of anilines is 1. The van der Waals surface area contributed by atoms with Gasteiger partial charge in [0.2, 0.25) is 0 Å². The van der Waals surface area contributed by atoms with Gasteiger partial charge in [-0.15, -0.1) is 11.8 Å². The molecule has 1 spiro atoms. The van der Waals surface area contributed by atoms with Crippen LogP contribution in [-0.4, -0.2) is 29.0 Å². The Balaban J connectivity index is 1.67. The van der Waals surface area contributed by atoms with E-state index in [2.05, 4.69) is 6.07 Å². The van der Waals surface area contributed by atoms with Crippen LogP contribution in [0.2, 0.25) is 5.02 Å². The first-order valence-corrected chi connectivity index (χ1v) is 9.02. The van der Waals surface area contributed by atoms with Crippen molar-refractivity contribution in [3.63, 3.8) is 0 Å². The van der Waals surface area contributed by atoms with Crippen LogP contribution in [0.3, 0.4) is 0 Å². The number of rotatable bonds is 2. The maximum Gasteiger partial charge on any atom is 0.0791 e. The Morgan fingerprint density at radius 2 is 2.37 bits per heavy atom. The van der Waals surface area contributed by atoms with E-state index in [0.717, 1.165) is 25.2 Å². The summed E-state index contributed by atoms with van der Waals surface area (Å²) in [6.07, 6.45) is 3.49. The molecule has 0 aromatic heterocycles. The van der Waals surface area contributed by atoms with Crippen LogP contribution >= 0.6 is 35.1 Å². The lowest BCUT2D eigenvalue weighted by molar-refractivity contribution is -0.0562. The lowest BCUT2D eigenvalue weighted by Gasteiger charge is -2.37. The SMILES string of the molecule is Nc1ccc(SC2CCOC3(CCSC3)C2)cc1Cl. The number of benzene rings is 1. The van der Waals surface area contributed by atoms with Crippen LogP contribution in [0.15, 0.2) is 23.1 Å². The van der Waals surface area contributed by atoms with Crippen molar-refractivity contribution in [2.24, 2.45) is 0 Å². The zero-order valence-corrected chi connectivity index (χ0v) is 13.1. The predicted molar refractivity (Wildman–Crippen MR) is 85.4 cm³/mol. The van der Waals surface area contributed by atoms with Crippen molar-refractivity contribution >= 4 is 40.8 Å². The number of halogens is 1. The van der Waals surface area contributed by atoms with Gasteiger partial charge in [-0.05, 0) is 43.2 Å². The van der Waals surface area contributed by atoms with Crippen molar-refractivity contribution in [1.29, 1.82) is 0 Å². The molecule has 0 bridgehead atoms. The molecule has 2 nitrogen and oxygen atoms in total. The molecule has 2 N–H and O–H groups in total. The van der Waals surface area contributed by atoms with E-state index in [4.69, 9.17) is 22.1 Å². The molecule has 2 heterocycles. The molecule has 0 aliphatic carbocycles. The first-order valence-electron chi connectivity index (χ1n) is 6.60. The summed E-state index contributed by atoms with van der Waals surface area (Å²) in [4.78, 5) is 1.21. The molecule has 104 valence electrons. The number of thioether (sulfide) groups is 2. The van der Waals surface area contributed by atoms with E-state index in [1.807, 2.05) is 35.7 Å². The highest BCUT2D eigenvalue weighted by Gasteiger charge is 2.40. The summed E-state index contributed by atoms with van der Waals surface area (Å²) in [5.74, 6) is 2.40. The molecule has 2 fully saturated rings. The number of ether oxygens (including phenoxy) is 1. The Kier molecular flexibility index (Phi) is 4.22. The Morgan fingerprint density at radius 1 is 1.47 bits per heavy atom. The largest absolute Gasteiger partial charge is 0.398 e. The van der Waals surface area contributed by atoms with E-state index in [0.29, 0.717) is 16.0 Å². The van der Waals surface area contributed by atoms with Crippen LogP contribution in [0, 0.1) is 0 Å². The zero-order valence-electron chi connectivity index (χ0n) is 10.7. The molecular formula is C14H18ClNOS2. The Labute approximate surface area is 127 Å². The van der Waals surface area contributed by atoms with Gasteiger partial charge in [0.25, 0.3) is 0 Å². The maximum atomic E-state index is 6.09. The molecule has 2 aliphatic heterocycles. The van der Waals surface area contributed by atoms with Crippen molar-refractivity contribution in [1.82, 2.24) is 0 Å².